The van der Waals surface area contributed by atoms with Crippen LogP contribution >= 0.6 is 0 Å². The van der Waals surface area contributed by atoms with Crippen molar-refractivity contribution in [1.29, 1.82) is 0 Å². The van der Waals surface area contributed by atoms with Gasteiger partial charge >= 0.3 is 0 Å². The van der Waals surface area contributed by atoms with Crippen molar-refractivity contribution < 1.29 is 24.2 Å². The Balaban J connectivity index is 1.57. The van der Waals surface area contributed by atoms with Gasteiger partial charge in [-0.15, -0.1) is 0 Å². The molecular formula is C24H30N2O5. The summed E-state index contributed by atoms with van der Waals surface area (Å²) in [4.78, 5) is 2.28. The quantitative estimate of drug-likeness (QED) is 0.406. The van der Waals surface area contributed by atoms with Gasteiger partial charge in [-0.05, 0) is 56.6 Å². The first-order valence-corrected chi connectivity index (χ1v) is 10.6. The fraction of sp³-hybridized carbons (Fsp3) is 0.458. The van der Waals surface area contributed by atoms with Crippen molar-refractivity contribution in [2.24, 2.45) is 5.16 Å². The summed E-state index contributed by atoms with van der Waals surface area (Å²) in [5, 5.41) is 13.4. The Kier molecular flexibility index (Phi) is 6.23. The molecule has 2 aliphatic heterocycles. The SMILES string of the molecule is COc1c2c(cc3c1[C@H](C/C(Cc1ccc(OC(C)C)cc1)=N\O)N(C)CC3)OCO2. The molecule has 2 aliphatic rings. The normalized spacial score (nSPS) is 18.2. The highest BCUT2D eigenvalue weighted by molar-refractivity contribution is 5.87. The fourth-order valence-corrected chi connectivity index (χ4v) is 4.35. The van der Waals surface area contributed by atoms with E-state index in [4.69, 9.17) is 18.9 Å². The molecule has 0 aliphatic carbocycles. The van der Waals surface area contributed by atoms with Crippen LogP contribution in [-0.4, -0.2) is 49.4 Å². The Hall–Kier alpha value is -2.93. The number of fused-ring (bicyclic) bond motifs is 2. The van der Waals surface area contributed by atoms with E-state index in [0.29, 0.717) is 30.1 Å². The molecule has 0 spiro atoms. The van der Waals surface area contributed by atoms with Crippen LogP contribution in [0.1, 0.15) is 43.0 Å². The van der Waals surface area contributed by atoms with E-state index >= 15 is 0 Å². The third kappa shape index (κ3) is 4.42. The zero-order chi connectivity index (χ0) is 22.0. The summed E-state index contributed by atoms with van der Waals surface area (Å²) in [6, 6.07) is 10.0. The van der Waals surface area contributed by atoms with E-state index in [1.165, 1.54) is 5.56 Å². The van der Waals surface area contributed by atoms with Gasteiger partial charge in [-0.2, -0.15) is 0 Å². The van der Waals surface area contributed by atoms with E-state index in [9.17, 15) is 5.21 Å². The fourth-order valence-electron chi connectivity index (χ4n) is 4.35. The lowest BCUT2D eigenvalue weighted by Crippen LogP contribution is -2.34. The predicted octanol–water partition coefficient (Wildman–Crippen LogP) is 4.20. The molecule has 0 amide bonds. The maximum Gasteiger partial charge on any atom is 0.231 e. The maximum atomic E-state index is 9.78. The van der Waals surface area contributed by atoms with E-state index < -0.39 is 0 Å². The minimum Gasteiger partial charge on any atom is -0.492 e. The smallest absolute Gasteiger partial charge is 0.231 e. The van der Waals surface area contributed by atoms with Gasteiger partial charge in [0, 0.05) is 31.0 Å². The van der Waals surface area contributed by atoms with Crippen LogP contribution in [0.5, 0.6) is 23.0 Å². The molecule has 1 N–H and O–H groups in total. The molecule has 1 atom stereocenters. The summed E-state index contributed by atoms with van der Waals surface area (Å²) in [6.07, 6.45) is 2.18. The van der Waals surface area contributed by atoms with Crippen LogP contribution in [0.4, 0.5) is 0 Å². The second-order valence-electron chi connectivity index (χ2n) is 8.32. The Morgan fingerprint density at radius 3 is 2.71 bits per heavy atom. The molecule has 2 aromatic carbocycles. The second kappa shape index (κ2) is 9.06. The van der Waals surface area contributed by atoms with Crippen LogP contribution < -0.4 is 18.9 Å². The van der Waals surface area contributed by atoms with Crippen molar-refractivity contribution in [1.82, 2.24) is 4.90 Å². The zero-order valence-electron chi connectivity index (χ0n) is 18.6. The Bertz CT molecular complexity index is 955. The second-order valence-corrected chi connectivity index (χ2v) is 8.32. The van der Waals surface area contributed by atoms with Gasteiger partial charge in [0.15, 0.2) is 11.5 Å². The predicted molar refractivity (Wildman–Crippen MR) is 118 cm³/mol. The molecule has 7 heteroatoms. The molecule has 0 saturated carbocycles. The first kappa shape index (κ1) is 21.3. The molecule has 0 unspecified atom stereocenters. The Labute approximate surface area is 183 Å². The number of rotatable bonds is 7. The average Bonchev–Trinajstić information content (AvgIpc) is 3.22. The lowest BCUT2D eigenvalue weighted by atomic mass is 9.87. The molecule has 0 aromatic heterocycles. The molecular weight excluding hydrogens is 396 g/mol. The summed E-state index contributed by atoms with van der Waals surface area (Å²) in [6.45, 7) is 5.11. The lowest BCUT2D eigenvalue weighted by molar-refractivity contribution is 0.170. The van der Waals surface area contributed by atoms with Gasteiger partial charge in [-0.25, -0.2) is 0 Å². The van der Waals surface area contributed by atoms with Crippen molar-refractivity contribution >= 4 is 5.71 Å². The molecule has 0 bridgehead atoms. The summed E-state index contributed by atoms with van der Waals surface area (Å²) in [5.41, 5.74) is 4.06. The minimum atomic E-state index is 0.0163. The average molecular weight is 427 g/mol. The van der Waals surface area contributed by atoms with Crippen LogP contribution in [0.3, 0.4) is 0 Å². The monoisotopic (exact) mass is 426 g/mol. The maximum absolute atomic E-state index is 9.78. The van der Waals surface area contributed by atoms with E-state index in [-0.39, 0.29) is 18.9 Å². The van der Waals surface area contributed by atoms with E-state index in [1.807, 2.05) is 38.1 Å². The number of ether oxygens (including phenoxy) is 4. The largest absolute Gasteiger partial charge is 0.492 e. The standard InChI is InChI=1S/C24H30N2O5/c1-15(2)31-19-7-5-16(6-8-19)11-18(25-27)13-20-22-17(9-10-26(20)3)12-21-23(24(22)28-4)30-14-29-21/h5-8,12,15,20,27H,9-11,13-14H2,1-4H3/b25-18-/t20-/m0/s1. The molecule has 7 nitrogen and oxygen atoms in total. The topological polar surface area (TPSA) is 72.8 Å². The number of hydrogen-bond donors (Lipinski definition) is 1. The van der Waals surface area contributed by atoms with Gasteiger partial charge in [-0.3, -0.25) is 4.90 Å². The third-order valence-electron chi connectivity index (χ3n) is 5.82. The number of likely N-dealkylation sites (N-methyl/N-ethyl adjacent to an activating group) is 1. The van der Waals surface area contributed by atoms with Gasteiger partial charge in [0.2, 0.25) is 12.5 Å². The number of benzene rings is 2. The number of nitrogens with zero attached hydrogens (tertiary/aromatic N) is 2. The Morgan fingerprint density at radius 1 is 1.26 bits per heavy atom. The third-order valence-corrected chi connectivity index (χ3v) is 5.82. The molecule has 0 radical (unpaired) electrons. The molecule has 0 fully saturated rings. The van der Waals surface area contributed by atoms with Gasteiger partial charge in [0.1, 0.15) is 5.75 Å². The van der Waals surface area contributed by atoms with E-state index in [1.54, 1.807) is 7.11 Å². The van der Waals surface area contributed by atoms with Crippen molar-refractivity contribution in [3.05, 3.63) is 47.0 Å². The van der Waals surface area contributed by atoms with Crippen molar-refractivity contribution in [3.8, 4) is 23.0 Å². The van der Waals surface area contributed by atoms with Crippen LogP contribution in [0.2, 0.25) is 0 Å². The molecule has 0 saturated heterocycles. The van der Waals surface area contributed by atoms with E-state index in [0.717, 1.165) is 35.6 Å². The highest BCUT2D eigenvalue weighted by Crippen LogP contribution is 2.50. The number of hydrogen-bond acceptors (Lipinski definition) is 7. The van der Waals surface area contributed by atoms with Crippen molar-refractivity contribution in [2.45, 2.75) is 45.3 Å². The minimum absolute atomic E-state index is 0.0163. The lowest BCUT2D eigenvalue weighted by Gasteiger charge is -2.36. The van der Waals surface area contributed by atoms with Crippen LogP contribution in [0.25, 0.3) is 0 Å². The van der Waals surface area contributed by atoms with Gasteiger partial charge in [0.05, 0.1) is 18.9 Å². The Morgan fingerprint density at radius 2 is 2.03 bits per heavy atom. The zero-order valence-corrected chi connectivity index (χ0v) is 18.6. The van der Waals surface area contributed by atoms with Crippen LogP contribution in [-0.2, 0) is 12.8 Å². The molecule has 2 aromatic rings. The number of methoxy groups -OCH3 is 1. The summed E-state index contributed by atoms with van der Waals surface area (Å²) in [5.74, 6) is 2.94. The highest BCUT2D eigenvalue weighted by Gasteiger charge is 2.34. The molecule has 2 heterocycles. The molecule has 166 valence electrons. The van der Waals surface area contributed by atoms with Crippen molar-refractivity contribution in [2.75, 3.05) is 27.5 Å². The van der Waals surface area contributed by atoms with Gasteiger partial charge in [0.25, 0.3) is 0 Å². The van der Waals surface area contributed by atoms with Crippen LogP contribution in [0, 0.1) is 0 Å². The van der Waals surface area contributed by atoms with Gasteiger partial charge < -0.3 is 24.2 Å². The number of oxime groups is 1. The summed E-state index contributed by atoms with van der Waals surface area (Å²) >= 11 is 0. The van der Waals surface area contributed by atoms with E-state index in [2.05, 4.69) is 23.2 Å². The highest BCUT2D eigenvalue weighted by atomic mass is 16.7. The first-order valence-electron chi connectivity index (χ1n) is 10.6. The van der Waals surface area contributed by atoms with Gasteiger partial charge in [-0.1, -0.05) is 17.3 Å². The van der Waals surface area contributed by atoms with Crippen LogP contribution in [0.15, 0.2) is 35.5 Å². The molecule has 4 rings (SSSR count). The first-order chi connectivity index (χ1) is 15.0. The van der Waals surface area contributed by atoms with Crippen molar-refractivity contribution in [3.63, 3.8) is 0 Å². The molecule has 31 heavy (non-hydrogen) atoms. The summed E-state index contributed by atoms with van der Waals surface area (Å²) < 4.78 is 22.8. The summed E-state index contributed by atoms with van der Waals surface area (Å²) in [7, 11) is 3.75.